The number of carbonyl (C=O) groups is 2. The van der Waals surface area contributed by atoms with E-state index in [1.54, 1.807) is 37.4 Å². The van der Waals surface area contributed by atoms with Crippen molar-refractivity contribution in [3.8, 4) is 17.2 Å². The molecule has 0 bridgehead atoms. The van der Waals surface area contributed by atoms with Gasteiger partial charge in [-0.2, -0.15) is 0 Å². The first-order valence-electron chi connectivity index (χ1n) is 11.4. The number of ether oxygens (including phenoxy) is 3. The monoisotopic (exact) mass is 477 g/mol. The maximum Gasteiger partial charge on any atom is 0.251 e. The number of rotatable bonds is 12. The van der Waals surface area contributed by atoms with E-state index in [4.69, 9.17) is 14.2 Å². The lowest BCUT2D eigenvalue weighted by molar-refractivity contribution is -0.144. The van der Waals surface area contributed by atoms with Crippen molar-refractivity contribution in [2.45, 2.75) is 38.5 Å². The van der Waals surface area contributed by atoms with Crippen LogP contribution in [0.2, 0.25) is 0 Å². The highest BCUT2D eigenvalue weighted by molar-refractivity contribution is 5.94. The van der Waals surface area contributed by atoms with Crippen LogP contribution in [-0.2, 0) is 22.5 Å². The van der Waals surface area contributed by atoms with Crippen molar-refractivity contribution in [1.29, 1.82) is 0 Å². The van der Waals surface area contributed by atoms with Gasteiger partial charge in [0.1, 0.15) is 17.2 Å². The Morgan fingerprint density at radius 2 is 1.71 bits per heavy atom. The number of methoxy groups -OCH3 is 1. The van der Waals surface area contributed by atoms with E-state index in [0.717, 1.165) is 16.9 Å². The molecule has 3 aromatic carbocycles. The first-order chi connectivity index (χ1) is 16.9. The van der Waals surface area contributed by atoms with Crippen LogP contribution < -0.4 is 14.8 Å². The van der Waals surface area contributed by atoms with Crippen molar-refractivity contribution < 1.29 is 28.9 Å². The van der Waals surface area contributed by atoms with Crippen LogP contribution in [-0.4, -0.2) is 42.7 Å². The predicted octanol–water partition coefficient (Wildman–Crippen LogP) is 4.32. The van der Waals surface area contributed by atoms with Crippen LogP contribution in [0.3, 0.4) is 0 Å². The van der Waals surface area contributed by atoms with Gasteiger partial charge in [-0.05, 0) is 61.9 Å². The molecule has 0 aromatic heterocycles. The molecule has 2 N–H and O–H groups in total. The Hall–Kier alpha value is -3.68. The summed E-state index contributed by atoms with van der Waals surface area (Å²) in [4.78, 5) is 24.5. The second-order valence-corrected chi connectivity index (χ2v) is 8.45. The van der Waals surface area contributed by atoms with Crippen LogP contribution in [0.5, 0.6) is 17.2 Å². The summed E-state index contributed by atoms with van der Waals surface area (Å²) in [6.45, 7) is 3.40. The number of aliphatic hydroxyl groups is 1. The minimum atomic E-state index is -1.33. The molecule has 184 valence electrons. The largest absolute Gasteiger partial charge is 0.496 e. The summed E-state index contributed by atoms with van der Waals surface area (Å²) in [6.07, 6.45) is 0.608. The zero-order chi connectivity index (χ0) is 25.3. The minimum Gasteiger partial charge on any atom is -0.496 e. The predicted molar refractivity (Wildman–Crippen MR) is 133 cm³/mol. The maximum atomic E-state index is 12.7. The molecule has 3 rings (SSSR count). The van der Waals surface area contributed by atoms with E-state index in [2.05, 4.69) is 5.32 Å². The molecule has 1 unspecified atom stereocenters. The summed E-state index contributed by atoms with van der Waals surface area (Å²) < 4.78 is 16.9. The van der Waals surface area contributed by atoms with Crippen molar-refractivity contribution in [1.82, 2.24) is 5.32 Å². The van der Waals surface area contributed by atoms with Gasteiger partial charge in [0.05, 0.1) is 19.8 Å². The van der Waals surface area contributed by atoms with Crippen molar-refractivity contribution in [2.24, 2.45) is 0 Å². The first-order valence-corrected chi connectivity index (χ1v) is 11.4. The molecule has 7 nitrogen and oxygen atoms in total. The second-order valence-electron chi connectivity index (χ2n) is 8.45. The van der Waals surface area contributed by atoms with Crippen molar-refractivity contribution >= 4 is 12.2 Å². The summed E-state index contributed by atoms with van der Waals surface area (Å²) in [5.74, 6) is 1.71. The van der Waals surface area contributed by atoms with E-state index < -0.39 is 12.2 Å². The van der Waals surface area contributed by atoms with E-state index in [1.165, 1.54) is 0 Å². The molecule has 0 aliphatic rings. The van der Waals surface area contributed by atoms with Gasteiger partial charge in [-0.3, -0.25) is 4.79 Å². The third-order valence-electron chi connectivity index (χ3n) is 5.34. The highest BCUT2D eigenvalue weighted by Gasteiger charge is 2.32. The van der Waals surface area contributed by atoms with E-state index in [-0.39, 0.29) is 25.0 Å². The Kier molecular flexibility index (Phi) is 9.00. The van der Waals surface area contributed by atoms with Crippen LogP contribution >= 0.6 is 0 Å². The van der Waals surface area contributed by atoms with Crippen LogP contribution in [0, 0.1) is 0 Å². The Morgan fingerprint density at radius 1 is 1.03 bits per heavy atom. The van der Waals surface area contributed by atoms with Crippen LogP contribution in [0.4, 0.5) is 0 Å². The topological polar surface area (TPSA) is 94.1 Å². The highest BCUT2D eigenvalue weighted by atomic mass is 16.5. The van der Waals surface area contributed by atoms with Gasteiger partial charge < -0.3 is 29.4 Å². The molecule has 0 fully saturated rings. The number of amides is 1. The molecule has 7 heteroatoms. The van der Waals surface area contributed by atoms with Crippen LogP contribution in [0.15, 0.2) is 72.8 Å². The second kappa shape index (κ2) is 12.1. The number of nitrogens with one attached hydrogen (secondary N) is 1. The lowest BCUT2D eigenvalue weighted by Gasteiger charge is -2.29. The molecule has 0 radical (unpaired) electrons. The zero-order valence-corrected chi connectivity index (χ0v) is 20.2. The molecular weight excluding hydrogens is 446 g/mol. The first kappa shape index (κ1) is 25.9. The fourth-order valence-corrected chi connectivity index (χ4v) is 3.71. The van der Waals surface area contributed by atoms with Gasteiger partial charge in [-0.1, -0.05) is 30.3 Å². The number of benzene rings is 3. The Bertz CT molecular complexity index is 1110. The average Bonchev–Trinajstić information content (AvgIpc) is 2.87. The lowest BCUT2D eigenvalue weighted by atomic mass is 9.94. The molecule has 0 heterocycles. The number of carbonyl (C=O) groups excluding carboxylic acids is 2. The third-order valence-corrected chi connectivity index (χ3v) is 5.34. The number of aldehydes is 1. The van der Waals surface area contributed by atoms with E-state index in [0.29, 0.717) is 23.3 Å². The number of hydrogen-bond acceptors (Lipinski definition) is 6. The van der Waals surface area contributed by atoms with Crippen molar-refractivity contribution in [3.05, 3.63) is 89.5 Å². The fourth-order valence-electron chi connectivity index (χ4n) is 3.71. The Labute approximate surface area is 205 Å². The summed E-state index contributed by atoms with van der Waals surface area (Å²) in [6, 6.07) is 21.7. The van der Waals surface area contributed by atoms with Crippen molar-refractivity contribution in [2.75, 3.05) is 13.7 Å². The SMILES string of the molecule is COc1ccc(CC(C=O)(CO)OC(C)C)cc1CNC(=O)c1ccc(Oc2ccccc2)cc1. The van der Waals surface area contributed by atoms with Gasteiger partial charge >= 0.3 is 0 Å². The smallest absolute Gasteiger partial charge is 0.251 e. The number of para-hydroxylation sites is 1. The Balaban J connectivity index is 1.68. The quantitative estimate of drug-likeness (QED) is 0.378. The van der Waals surface area contributed by atoms with Gasteiger partial charge in [-0.25, -0.2) is 0 Å². The molecule has 35 heavy (non-hydrogen) atoms. The van der Waals surface area contributed by atoms with Crippen LogP contribution in [0.25, 0.3) is 0 Å². The number of aliphatic hydroxyl groups excluding tert-OH is 1. The molecule has 1 atom stereocenters. The average molecular weight is 478 g/mol. The third kappa shape index (κ3) is 7.15. The highest BCUT2D eigenvalue weighted by Crippen LogP contribution is 2.25. The number of hydrogen-bond donors (Lipinski definition) is 2. The van der Waals surface area contributed by atoms with Crippen LogP contribution in [0.1, 0.15) is 35.3 Å². The van der Waals surface area contributed by atoms with E-state index in [1.807, 2.05) is 56.3 Å². The van der Waals surface area contributed by atoms with E-state index in [9.17, 15) is 14.7 Å². The summed E-state index contributed by atoms with van der Waals surface area (Å²) in [7, 11) is 1.55. The van der Waals surface area contributed by atoms with Gasteiger partial charge in [0.15, 0.2) is 11.9 Å². The molecule has 0 saturated carbocycles. The molecule has 3 aromatic rings. The van der Waals surface area contributed by atoms with Gasteiger partial charge in [-0.15, -0.1) is 0 Å². The maximum absolute atomic E-state index is 12.7. The standard InChI is InChI=1S/C28H31NO6/c1-20(2)35-28(18-30,19-31)16-21-9-14-26(33-3)23(15-21)17-29-27(32)22-10-12-25(13-11-22)34-24-7-5-4-6-8-24/h4-15,18,20,31H,16-17,19H2,1-3H3,(H,29,32). The summed E-state index contributed by atoms with van der Waals surface area (Å²) in [5, 5.41) is 12.7. The van der Waals surface area contributed by atoms with Crippen molar-refractivity contribution in [3.63, 3.8) is 0 Å². The van der Waals surface area contributed by atoms with Gasteiger partial charge in [0, 0.05) is 24.1 Å². The molecule has 0 aliphatic carbocycles. The fraction of sp³-hybridized carbons (Fsp3) is 0.286. The normalized spacial score (nSPS) is 12.6. The Morgan fingerprint density at radius 3 is 2.31 bits per heavy atom. The molecule has 0 saturated heterocycles. The molecular formula is C28H31NO6. The molecule has 0 spiro atoms. The summed E-state index contributed by atoms with van der Waals surface area (Å²) in [5.41, 5.74) is 0.683. The lowest BCUT2D eigenvalue weighted by Crippen LogP contribution is -2.43. The zero-order valence-electron chi connectivity index (χ0n) is 20.2. The molecule has 1 amide bonds. The van der Waals surface area contributed by atoms with Gasteiger partial charge in [0.25, 0.3) is 5.91 Å². The summed E-state index contributed by atoms with van der Waals surface area (Å²) >= 11 is 0. The molecule has 0 aliphatic heterocycles. The minimum absolute atomic E-state index is 0.193. The van der Waals surface area contributed by atoms with E-state index >= 15 is 0 Å². The van der Waals surface area contributed by atoms with Gasteiger partial charge in [0.2, 0.25) is 0 Å².